The number of rotatable bonds is 5. The van der Waals surface area contributed by atoms with E-state index in [-0.39, 0.29) is 12.2 Å². The molecule has 1 atom stereocenters. The summed E-state index contributed by atoms with van der Waals surface area (Å²) in [6.07, 6.45) is 1.21. The number of hydrogen-bond acceptors (Lipinski definition) is 3. The van der Waals surface area contributed by atoms with Crippen LogP contribution in [-0.2, 0) is 14.3 Å². The Labute approximate surface area is 85.8 Å². The van der Waals surface area contributed by atoms with Gasteiger partial charge in [-0.25, -0.2) is 0 Å². The van der Waals surface area contributed by atoms with Gasteiger partial charge in [-0.05, 0) is 5.92 Å². The summed E-state index contributed by atoms with van der Waals surface area (Å²) in [7, 11) is 0. The molecule has 1 heterocycles. The Morgan fingerprint density at radius 2 is 1.86 bits per heavy atom. The van der Waals surface area contributed by atoms with Crippen molar-refractivity contribution in [3.8, 4) is 0 Å². The van der Waals surface area contributed by atoms with Gasteiger partial charge in [0.05, 0.1) is 13.2 Å². The van der Waals surface area contributed by atoms with E-state index in [9.17, 15) is 4.79 Å². The maximum atomic E-state index is 11.6. The van der Waals surface area contributed by atoms with Gasteiger partial charge in [-0.1, -0.05) is 20.8 Å². The van der Waals surface area contributed by atoms with E-state index in [0.717, 1.165) is 0 Å². The lowest BCUT2D eigenvalue weighted by atomic mass is 9.95. The fourth-order valence-electron chi connectivity index (χ4n) is 1.57. The first kappa shape index (κ1) is 11.7. The number of ether oxygens (including phenoxy) is 2. The summed E-state index contributed by atoms with van der Waals surface area (Å²) in [4.78, 5) is 11.6. The molecule has 0 aromatic rings. The van der Waals surface area contributed by atoms with Crippen LogP contribution in [-0.4, -0.2) is 25.3 Å². The van der Waals surface area contributed by atoms with Crippen molar-refractivity contribution >= 4 is 5.78 Å². The molecule has 0 N–H and O–H groups in total. The van der Waals surface area contributed by atoms with E-state index in [4.69, 9.17) is 9.47 Å². The summed E-state index contributed by atoms with van der Waals surface area (Å²) in [5.74, 6) is 0.815. The highest BCUT2D eigenvalue weighted by Gasteiger charge is 2.23. The Kier molecular flexibility index (Phi) is 4.55. The van der Waals surface area contributed by atoms with Gasteiger partial charge in [0, 0.05) is 18.8 Å². The molecule has 1 unspecified atom stereocenters. The molecular weight excluding hydrogens is 180 g/mol. The van der Waals surface area contributed by atoms with Gasteiger partial charge < -0.3 is 9.47 Å². The minimum absolute atomic E-state index is 0.0560. The second-order valence-corrected chi connectivity index (χ2v) is 4.37. The number of ketones is 1. The molecule has 1 aliphatic heterocycles. The van der Waals surface area contributed by atoms with Crippen LogP contribution in [0.15, 0.2) is 0 Å². The molecular formula is C11H20O3. The maximum Gasteiger partial charge on any atom is 0.158 e. The van der Waals surface area contributed by atoms with Crippen molar-refractivity contribution < 1.29 is 14.3 Å². The van der Waals surface area contributed by atoms with Crippen LogP contribution < -0.4 is 0 Å². The number of hydrogen-bond donors (Lipinski definition) is 0. The molecule has 0 aromatic carbocycles. The molecule has 0 spiro atoms. The van der Waals surface area contributed by atoms with Gasteiger partial charge in [0.15, 0.2) is 6.29 Å². The van der Waals surface area contributed by atoms with Crippen LogP contribution in [0.2, 0.25) is 0 Å². The largest absolute Gasteiger partial charge is 0.350 e. The Bertz CT molecular complexity index is 183. The Hall–Kier alpha value is -0.410. The van der Waals surface area contributed by atoms with Crippen molar-refractivity contribution in [2.24, 2.45) is 11.8 Å². The molecule has 0 aliphatic carbocycles. The Balaban J connectivity index is 2.25. The molecule has 1 saturated heterocycles. The van der Waals surface area contributed by atoms with E-state index < -0.39 is 0 Å². The smallest absolute Gasteiger partial charge is 0.158 e. The molecule has 0 saturated carbocycles. The number of Topliss-reactive ketones (excluding diaryl/α,β-unsaturated/α-hetero) is 1. The van der Waals surface area contributed by atoms with E-state index in [1.165, 1.54) is 0 Å². The molecule has 3 heteroatoms. The van der Waals surface area contributed by atoms with Crippen LogP contribution in [0.4, 0.5) is 0 Å². The lowest BCUT2D eigenvalue weighted by Crippen LogP contribution is -2.20. The summed E-state index contributed by atoms with van der Waals surface area (Å²) in [6, 6.07) is 0. The third-order valence-corrected chi connectivity index (χ3v) is 2.40. The zero-order valence-corrected chi connectivity index (χ0v) is 9.29. The van der Waals surface area contributed by atoms with E-state index in [0.29, 0.717) is 37.8 Å². The highest BCUT2D eigenvalue weighted by Crippen LogP contribution is 2.17. The fourth-order valence-corrected chi connectivity index (χ4v) is 1.57. The number of carbonyl (C=O) groups is 1. The molecule has 1 aliphatic rings. The molecule has 0 amide bonds. The van der Waals surface area contributed by atoms with Crippen LogP contribution >= 0.6 is 0 Å². The zero-order valence-electron chi connectivity index (χ0n) is 9.29. The standard InChI is InChI=1S/C11H20O3/c1-8(2)6-10(12)9(3)7-11-13-4-5-14-11/h8-9,11H,4-7H2,1-3H3. The maximum absolute atomic E-state index is 11.6. The van der Waals surface area contributed by atoms with Gasteiger partial charge in [0.2, 0.25) is 0 Å². The molecule has 14 heavy (non-hydrogen) atoms. The summed E-state index contributed by atoms with van der Waals surface area (Å²) in [6.45, 7) is 7.40. The lowest BCUT2D eigenvalue weighted by Gasteiger charge is -2.15. The molecule has 3 nitrogen and oxygen atoms in total. The minimum Gasteiger partial charge on any atom is -0.350 e. The second kappa shape index (κ2) is 5.47. The van der Waals surface area contributed by atoms with Gasteiger partial charge in [-0.2, -0.15) is 0 Å². The van der Waals surface area contributed by atoms with E-state index in [2.05, 4.69) is 13.8 Å². The SMILES string of the molecule is CC(C)CC(=O)C(C)CC1OCCO1. The zero-order chi connectivity index (χ0) is 10.6. The summed E-state index contributed by atoms with van der Waals surface area (Å²) >= 11 is 0. The quantitative estimate of drug-likeness (QED) is 0.681. The minimum atomic E-state index is -0.152. The second-order valence-electron chi connectivity index (χ2n) is 4.37. The summed E-state index contributed by atoms with van der Waals surface area (Å²) in [5, 5.41) is 0. The van der Waals surface area contributed by atoms with E-state index in [1.54, 1.807) is 0 Å². The van der Waals surface area contributed by atoms with E-state index >= 15 is 0 Å². The monoisotopic (exact) mass is 200 g/mol. The molecule has 0 aromatic heterocycles. The highest BCUT2D eigenvalue weighted by atomic mass is 16.7. The van der Waals surface area contributed by atoms with Gasteiger partial charge in [0.25, 0.3) is 0 Å². The molecule has 1 fully saturated rings. The van der Waals surface area contributed by atoms with Gasteiger partial charge in [0.1, 0.15) is 5.78 Å². The first-order chi connectivity index (χ1) is 6.59. The van der Waals surface area contributed by atoms with Crippen LogP contribution in [0, 0.1) is 11.8 Å². The Morgan fingerprint density at radius 3 is 2.36 bits per heavy atom. The van der Waals surface area contributed by atoms with Crippen LogP contribution in [0.3, 0.4) is 0 Å². The summed E-state index contributed by atoms with van der Waals surface area (Å²) in [5.41, 5.74) is 0. The van der Waals surface area contributed by atoms with Crippen molar-refractivity contribution in [2.45, 2.75) is 39.9 Å². The normalized spacial score (nSPS) is 20.3. The molecule has 1 rings (SSSR count). The highest BCUT2D eigenvalue weighted by molar-refractivity contribution is 5.80. The predicted molar refractivity (Wildman–Crippen MR) is 53.9 cm³/mol. The van der Waals surface area contributed by atoms with Crippen LogP contribution in [0.1, 0.15) is 33.6 Å². The fraction of sp³-hybridized carbons (Fsp3) is 0.909. The van der Waals surface area contributed by atoms with Gasteiger partial charge in [-0.15, -0.1) is 0 Å². The average molecular weight is 200 g/mol. The molecule has 82 valence electrons. The van der Waals surface area contributed by atoms with Crippen molar-refractivity contribution in [3.05, 3.63) is 0 Å². The van der Waals surface area contributed by atoms with Crippen LogP contribution in [0.25, 0.3) is 0 Å². The molecule has 0 bridgehead atoms. The van der Waals surface area contributed by atoms with Crippen molar-refractivity contribution in [1.29, 1.82) is 0 Å². The topological polar surface area (TPSA) is 35.5 Å². The summed E-state index contributed by atoms with van der Waals surface area (Å²) < 4.78 is 10.6. The third kappa shape index (κ3) is 3.76. The van der Waals surface area contributed by atoms with E-state index in [1.807, 2.05) is 6.92 Å². The van der Waals surface area contributed by atoms with Gasteiger partial charge in [-0.3, -0.25) is 4.79 Å². The molecule has 0 radical (unpaired) electrons. The average Bonchev–Trinajstić information content (AvgIpc) is 2.55. The Morgan fingerprint density at radius 1 is 1.29 bits per heavy atom. The third-order valence-electron chi connectivity index (χ3n) is 2.40. The number of carbonyl (C=O) groups excluding carboxylic acids is 1. The van der Waals surface area contributed by atoms with Crippen molar-refractivity contribution in [1.82, 2.24) is 0 Å². The predicted octanol–water partition coefficient (Wildman–Crippen LogP) is 2.00. The lowest BCUT2D eigenvalue weighted by molar-refractivity contribution is -0.127. The van der Waals surface area contributed by atoms with Crippen molar-refractivity contribution in [3.63, 3.8) is 0 Å². The van der Waals surface area contributed by atoms with Crippen LogP contribution in [0.5, 0.6) is 0 Å². The van der Waals surface area contributed by atoms with Crippen molar-refractivity contribution in [2.75, 3.05) is 13.2 Å². The van der Waals surface area contributed by atoms with Gasteiger partial charge >= 0.3 is 0 Å². The first-order valence-electron chi connectivity index (χ1n) is 5.35. The first-order valence-corrected chi connectivity index (χ1v) is 5.35.